The molecule has 1 heterocycles. The second kappa shape index (κ2) is 2.29. The largest absolute Gasteiger partial charge is 0.397 e. The van der Waals surface area contributed by atoms with Gasteiger partial charge in [-0.25, -0.2) is 0 Å². The molecule has 0 unspecified atom stereocenters. The summed E-state index contributed by atoms with van der Waals surface area (Å²) in [6, 6.07) is 0. The molecule has 0 aromatic carbocycles. The van der Waals surface area contributed by atoms with E-state index < -0.39 is 5.91 Å². The number of amides is 1. The fourth-order valence-electron chi connectivity index (χ4n) is 0.446. The Bertz CT molecular complexity index is 243. The van der Waals surface area contributed by atoms with Gasteiger partial charge in [-0.15, -0.1) is 0 Å². The third-order valence-electron chi connectivity index (χ3n) is 0.835. The topological polar surface area (TPSA) is 95.9 Å². The number of carbonyl (C=O) groups excluding carboxylic acids is 1. The summed E-state index contributed by atoms with van der Waals surface area (Å²) in [5.41, 5.74) is 4.85. The number of carbonyl (C=O) groups is 1. The molecule has 1 aromatic heterocycles. The van der Waals surface area contributed by atoms with E-state index in [1.807, 2.05) is 0 Å². The molecule has 0 radical (unpaired) electrons. The third-order valence-corrected chi connectivity index (χ3v) is 0.835. The molecule has 0 aliphatic carbocycles. The van der Waals surface area contributed by atoms with Crippen molar-refractivity contribution in [3.63, 3.8) is 0 Å². The van der Waals surface area contributed by atoms with E-state index in [0.717, 1.165) is 4.85 Å². The number of aromatic nitrogens is 4. The van der Waals surface area contributed by atoms with Crippen molar-refractivity contribution in [2.75, 3.05) is 7.11 Å². The number of nitrogens with two attached hydrogens (primary N) is 1. The molecule has 1 amide bonds. The van der Waals surface area contributed by atoms with Gasteiger partial charge in [0.1, 0.15) is 7.11 Å². The minimum absolute atomic E-state index is 0.123. The first-order valence-corrected chi connectivity index (χ1v) is 2.38. The summed E-state index contributed by atoms with van der Waals surface area (Å²) in [6.45, 7) is 0. The highest BCUT2D eigenvalue weighted by Crippen LogP contribution is 1.83. The van der Waals surface area contributed by atoms with Crippen molar-refractivity contribution in [3.05, 3.63) is 5.82 Å². The van der Waals surface area contributed by atoms with Crippen molar-refractivity contribution in [1.82, 2.24) is 20.4 Å². The summed E-state index contributed by atoms with van der Waals surface area (Å²) >= 11 is 0. The second-order valence-electron chi connectivity index (χ2n) is 1.42. The first-order valence-electron chi connectivity index (χ1n) is 2.38. The molecule has 0 aliphatic heterocycles. The molecule has 0 bridgehead atoms. The van der Waals surface area contributed by atoms with Crippen LogP contribution < -0.4 is 10.6 Å². The van der Waals surface area contributed by atoms with Crippen LogP contribution in [0, 0.1) is 0 Å². The van der Waals surface area contributed by atoms with Crippen LogP contribution >= 0.6 is 0 Å². The molecular formula is C3H5N5O2. The van der Waals surface area contributed by atoms with Crippen LogP contribution in [0.1, 0.15) is 10.6 Å². The molecule has 0 saturated heterocycles. The van der Waals surface area contributed by atoms with Crippen LogP contribution in [0.4, 0.5) is 0 Å². The average Bonchev–Trinajstić information content (AvgIpc) is 2.33. The molecule has 10 heavy (non-hydrogen) atoms. The minimum atomic E-state index is -0.730. The van der Waals surface area contributed by atoms with E-state index in [2.05, 4.69) is 20.4 Å². The lowest BCUT2D eigenvalue weighted by Gasteiger charge is -1.95. The number of nitrogens with zero attached hydrogens (tertiary/aromatic N) is 4. The van der Waals surface area contributed by atoms with E-state index in [9.17, 15) is 4.79 Å². The van der Waals surface area contributed by atoms with Crippen molar-refractivity contribution < 1.29 is 9.63 Å². The fraction of sp³-hybridized carbons (Fsp3) is 0.333. The molecule has 1 rings (SSSR count). The zero-order chi connectivity index (χ0) is 7.56. The van der Waals surface area contributed by atoms with E-state index in [1.54, 1.807) is 0 Å². The minimum Gasteiger partial charge on any atom is -0.397 e. The van der Waals surface area contributed by atoms with E-state index in [1.165, 1.54) is 7.11 Å². The van der Waals surface area contributed by atoms with Gasteiger partial charge < -0.3 is 10.6 Å². The van der Waals surface area contributed by atoms with Crippen molar-refractivity contribution in [2.24, 2.45) is 5.73 Å². The molecule has 0 aliphatic rings. The van der Waals surface area contributed by atoms with Gasteiger partial charge in [0, 0.05) is 0 Å². The highest BCUT2D eigenvalue weighted by Gasteiger charge is 2.10. The quantitative estimate of drug-likeness (QED) is 0.508. The predicted molar refractivity (Wildman–Crippen MR) is 28.8 cm³/mol. The zero-order valence-corrected chi connectivity index (χ0v) is 5.18. The Balaban J connectivity index is 3.01. The molecule has 2 N–H and O–H groups in total. The maximum absolute atomic E-state index is 10.4. The summed E-state index contributed by atoms with van der Waals surface area (Å²) in [4.78, 5) is 15.8. The molecule has 0 atom stereocenters. The van der Waals surface area contributed by atoms with E-state index in [0.29, 0.717) is 0 Å². The van der Waals surface area contributed by atoms with Crippen LogP contribution in [-0.4, -0.2) is 33.4 Å². The zero-order valence-electron chi connectivity index (χ0n) is 5.18. The summed E-state index contributed by atoms with van der Waals surface area (Å²) in [6.07, 6.45) is 0. The van der Waals surface area contributed by atoms with Gasteiger partial charge in [-0.3, -0.25) is 4.79 Å². The summed E-state index contributed by atoms with van der Waals surface area (Å²) in [7, 11) is 1.32. The molecule has 54 valence electrons. The van der Waals surface area contributed by atoms with Gasteiger partial charge in [0.25, 0.3) is 11.7 Å². The summed E-state index contributed by atoms with van der Waals surface area (Å²) in [5.74, 6) is -0.852. The summed E-state index contributed by atoms with van der Waals surface area (Å²) in [5, 5.41) is 9.73. The maximum Gasteiger partial charge on any atom is 0.291 e. The lowest BCUT2D eigenvalue weighted by molar-refractivity contribution is 0.0884. The van der Waals surface area contributed by atoms with E-state index in [4.69, 9.17) is 5.73 Å². The highest BCUT2D eigenvalue weighted by atomic mass is 16.7. The fourth-order valence-corrected chi connectivity index (χ4v) is 0.446. The van der Waals surface area contributed by atoms with E-state index >= 15 is 0 Å². The van der Waals surface area contributed by atoms with Gasteiger partial charge in [0.15, 0.2) is 0 Å². The molecule has 7 nitrogen and oxygen atoms in total. The molecule has 7 heteroatoms. The van der Waals surface area contributed by atoms with Crippen molar-refractivity contribution >= 4 is 5.91 Å². The third kappa shape index (κ3) is 0.879. The van der Waals surface area contributed by atoms with Gasteiger partial charge in [0.2, 0.25) is 0 Å². The first kappa shape index (κ1) is 6.46. The maximum atomic E-state index is 10.4. The number of rotatable bonds is 2. The van der Waals surface area contributed by atoms with Crippen LogP contribution in [0.25, 0.3) is 0 Å². The Kier molecular flexibility index (Phi) is 1.48. The first-order chi connectivity index (χ1) is 4.75. The van der Waals surface area contributed by atoms with E-state index in [-0.39, 0.29) is 5.82 Å². The normalized spacial score (nSPS) is 9.30. The Morgan fingerprint density at radius 1 is 1.80 bits per heavy atom. The van der Waals surface area contributed by atoms with Crippen LogP contribution in [0.5, 0.6) is 0 Å². The Hall–Kier alpha value is -1.66. The van der Waals surface area contributed by atoms with Crippen LogP contribution in [0.3, 0.4) is 0 Å². The van der Waals surface area contributed by atoms with Crippen molar-refractivity contribution in [2.45, 2.75) is 0 Å². The van der Waals surface area contributed by atoms with Gasteiger partial charge in [-0.2, -0.15) is 0 Å². The van der Waals surface area contributed by atoms with Gasteiger partial charge >= 0.3 is 0 Å². The van der Waals surface area contributed by atoms with Crippen LogP contribution in [0.2, 0.25) is 0 Å². The second-order valence-corrected chi connectivity index (χ2v) is 1.42. The average molecular weight is 143 g/mol. The lowest BCUT2D eigenvalue weighted by atomic mass is 10.6. The Labute approximate surface area is 55.7 Å². The van der Waals surface area contributed by atoms with Gasteiger partial charge in [-0.05, 0) is 10.4 Å². The SMILES string of the molecule is COn1nnnc1C(N)=O. The van der Waals surface area contributed by atoms with Gasteiger partial charge in [0.05, 0.1) is 0 Å². The molecule has 0 saturated carbocycles. The monoisotopic (exact) mass is 143 g/mol. The Morgan fingerprint density at radius 3 is 2.90 bits per heavy atom. The van der Waals surface area contributed by atoms with Crippen LogP contribution in [-0.2, 0) is 0 Å². The lowest BCUT2D eigenvalue weighted by Crippen LogP contribution is -2.21. The van der Waals surface area contributed by atoms with Crippen molar-refractivity contribution in [3.8, 4) is 0 Å². The highest BCUT2D eigenvalue weighted by molar-refractivity contribution is 5.88. The summed E-state index contributed by atoms with van der Waals surface area (Å²) < 4.78 is 0. The molecule has 1 aromatic rings. The standard InChI is InChI=1S/C3H5N5O2/c1-10-8-3(2(4)9)5-6-7-8/h1H3,(H2,4,9). The number of primary amides is 1. The number of hydrogen-bond donors (Lipinski definition) is 1. The van der Waals surface area contributed by atoms with Crippen molar-refractivity contribution in [1.29, 1.82) is 0 Å². The predicted octanol–water partition coefficient (Wildman–Crippen LogP) is -2.17. The molecular weight excluding hydrogens is 138 g/mol. The van der Waals surface area contributed by atoms with Crippen LogP contribution in [0.15, 0.2) is 0 Å². The van der Waals surface area contributed by atoms with Gasteiger partial charge in [-0.1, -0.05) is 9.94 Å². The number of tetrazole rings is 1. The molecule has 0 fully saturated rings. The Morgan fingerprint density at radius 2 is 2.50 bits per heavy atom. The number of hydrogen-bond acceptors (Lipinski definition) is 5. The molecule has 0 spiro atoms. The smallest absolute Gasteiger partial charge is 0.291 e.